The maximum absolute atomic E-state index is 6.12. The van der Waals surface area contributed by atoms with E-state index in [0.29, 0.717) is 6.04 Å². The summed E-state index contributed by atoms with van der Waals surface area (Å²) >= 11 is 6.12. The number of halogens is 1. The lowest BCUT2D eigenvalue weighted by molar-refractivity contribution is -0.671. The average molecular weight is 286 g/mol. The van der Waals surface area contributed by atoms with Crippen LogP contribution in [0.3, 0.4) is 0 Å². The van der Waals surface area contributed by atoms with Crippen molar-refractivity contribution in [2.45, 2.75) is 19.9 Å². The molecule has 2 nitrogen and oxygen atoms in total. The summed E-state index contributed by atoms with van der Waals surface area (Å²) in [5.41, 5.74) is 3.68. The lowest BCUT2D eigenvalue weighted by Crippen LogP contribution is -2.26. The Labute approximate surface area is 124 Å². The van der Waals surface area contributed by atoms with Crippen LogP contribution in [0.4, 0.5) is 0 Å². The third-order valence-corrected chi connectivity index (χ3v) is 3.79. The molecule has 0 N–H and O–H groups in total. The van der Waals surface area contributed by atoms with Gasteiger partial charge < -0.3 is 4.57 Å². The Bertz CT molecular complexity index is 772. The van der Waals surface area contributed by atoms with E-state index in [4.69, 9.17) is 11.6 Å². The van der Waals surface area contributed by atoms with Crippen LogP contribution in [0.15, 0.2) is 48.8 Å². The second-order valence-electron chi connectivity index (χ2n) is 5.45. The SMILES string of the molecule is CC(C)n1c(-c2ccc[n+](C)c2)cc2cc(Cl)ccc21. The predicted molar refractivity (Wildman–Crippen MR) is 83.9 cm³/mol. The molecule has 0 fully saturated rings. The molecule has 2 aromatic heterocycles. The molecular formula is C17H18ClN2+. The molecule has 0 radical (unpaired) electrons. The molecule has 0 unspecified atom stereocenters. The molecule has 102 valence electrons. The standard InChI is InChI=1S/C17H18ClN2/c1-12(2)20-16-7-6-15(18)9-14(16)10-17(20)13-5-4-8-19(3)11-13/h4-12H,1-3H3/q+1. The van der Waals surface area contributed by atoms with Crippen molar-refractivity contribution in [3.05, 3.63) is 53.8 Å². The summed E-state index contributed by atoms with van der Waals surface area (Å²) in [6.07, 6.45) is 4.19. The van der Waals surface area contributed by atoms with Crippen LogP contribution >= 0.6 is 11.6 Å². The van der Waals surface area contributed by atoms with E-state index in [2.05, 4.69) is 53.4 Å². The molecule has 0 saturated carbocycles. The summed E-state index contributed by atoms with van der Waals surface area (Å²) < 4.78 is 4.44. The number of hydrogen-bond acceptors (Lipinski definition) is 0. The molecule has 0 aliphatic carbocycles. The van der Waals surface area contributed by atoms with Crippen LogP contribution in [0.5, 0.6) is 0 Å². The van der Waals surface area contributed by atoms with Gasteiger partial charge in [0.15, 0.2) is 12.4 Å². The molecule has 0 bridgehead atoms. The zero-order chi connectivity index (χ0) is 14.3. The molecule has 3 rings (SSSR count). The van der Waals surface area contributed by atoms with Crippen molar-refractivity contribution >= 4 is 22.5 Å². The molecule has 0 saturated heterocycles. The first-order valence-corrected chi connectivity index (χ1v) is 7.20. The van der Waals surface area contributed by atoms with Crippen molar-refractivity contribution < 1.29 is 4.57 Å². The highest BCUT2D eigenvalue weighted by atomic mass is 35.5. The van der Waals surface area contributed by atoms with Crippen molar-refractivity contribution in [3.8, 4) is 11.3 Å². The summed E-state index contributed by atoms with van der Waals surface area (Å²) in [6, 6.07) is 12.9. The van der Waals surface area contributed by atoms with Crippen molar-refractivity contribution in [1.82, 2.24) is 4.57 Å². The number of nitrogens with zero attached hydrogens (tertiary/aromatic N) is 2. The first kappa shape index (κ1) is 13.2. The Hall–Kier alpha value is -1.80. The molecule has 0 amide bonds. The number of hydrogen-bond donors (Lipinski definition) is 0. The third kappa shape index (κ3) is 2.20. The van der Waals surface area contributed by atoms with Gasteiger partial charge in [-0.1, -0.05) is 11.6 Å². The van der Waals surface area contributed by atoms with Gasteiger partial charge in [-0.2, -0.15) is 0 Å². The topological polar surface area (TPSA) is 8.81 Å². The maximum Gasteiger partial charge on any atom is 0.177 e. The van der Waals surface area contributed by atoms with Crippen LogP contribution < -0.4 is 4.57 Å². The molecule has 3 heteroatoms. The van der Waals surface area contributed by atoms with Crippen molar-refractivity contribution in [3.63, 3.8) is 0 Å². The maximum atomic E-state index is 6.12. The number of rotatable bonds is 2. The van der Waals surface area contributed by atoms with Crippen LogP contribution in [0.1, 0.15) is 19.9 Å². The van der Waals surface area contributed by atoms with Crippen LogP contribution in [-0.4, -0.2) is 4.57 Å². The Kier molecular flexibility index (Phi) is 3.27. The fourth-order valence-corrected chi connectivity index (χ4v) is 2.91. The minimum Gasteiger partial charge on any atom is -0.338 e. The van der Waals surface area contributed by atoms with Crippen molar-refractivity contribution in [2.24, 2.45) is 7.05 Å². The summed E-state index contributed by atoms with van der Waals surface area (Å²) in [5.74, 6) is 0. The Balaban J connectivity index is 2.32. The molecule has 2 heterocycles. The number of aromatic nitrogens is 2. The molecule has 1 aromatic carbocycles. The van der Waals surface area contributed by atoms with Crippen molar-refractivity contribution in [1.29, 1.82) is 0 Å². The van der Waals surface area contributed by atoms with Gasteiger partial charge in [-0.05, 0) is 44.2 Å². The van der Waals surface area contributed by atoms with E-state index in [1.807, 2.05) is 25.4 Å². The van der Waals surface area contributed by atoms with Gasteiger partial charge in [0.1, 0.15) is 7.05 Å². The predicted octanol–water partition coefficient (Wildman–Crippen LogP) is 4.37. The highest BCUT2D eigenvalue weighted by Gasteiger charge is 2.14. The van der Waals surface area contributed by atoms with E-state index >= 15 is 0 Å². The van der Waals surface area contributed by atoms with Crippen LogP contribution in [0.25, 0.3) is 22.2 Å². The molecule has 0 atom stereocenters. The highest BCUT2D eigenvalue weighted by Crippen LogP contribution is 2.32. The van der Waals surface area contributed by atoms with E-state index in [1.54, 1.807) is 0 Å². The molecule has 3 aromatic rings. The van der Waals surface area contributed by atoms with Crippen LogP contribution in [0, 0.1) is 0 Å². The Morgan fingerprint density at radius 1 is 1.15 bits per heavy atom. The van der Waals surface area contributed by atoms with Gasteiger partial charge >= 0.3 is 0 Å². The van der Waals surface area contributed by atoms with Gasteiger partial charge in [-0.25, -0.2) is 4.57 Å². The summed E-state index contributed by atoms with van der Waals surface area (Å²) in [4.78, 5) is 0. The highest BCUT2D eigenvalue weighted by molar-refractivity contribution is 6.31. The number of fused-ring (bicyclic) bond motifs is 1. The molecular weight excluding hydrogens is 268 g/mol. The van der Waals surface area contributed by atoms with Crippen LogP contribution in [0.2, 0.25) is 5.02 Å². The van der Waals surface area contributed by atoms with Gasteiger partial charge in [0.25, 0.3) is 0 Å². The Morgan fingerprint density at radius 2 is 1.95 bits per heavy atom. The van der Waals surface area contributed by atoms with Gasteiger partial charge in [0, 0.05) is 28.0 Å². The summed E-state index contributed by atoms with van der Waals surface area (Å²) in [7, 11) is 2.04. The largest absolute Gasteiger partial charge is 0.338 e. The number of benzene rings is 1. The summed E-state index contributed by atoms with van der Waals surface area (Å²) in [6.45, 7) is 4.42. The third-order valence-electron chi connectivity index (χ3n) is 3.55. The minimum atomic E-state index is 0.397. The lowest BCUT2D eigenvalue weighted by atomic mass is 10.2. The first-order valence-electron chi connectivity index (χ1n) is 6.82. The molecule has 0 spiro atoms. The van der Waals surface area contributed by atoms with E-state index in [-0.39, 0.29) is 0 Å². The smallest absolute Gasteiger partial charge is 0.177 e. The van der Waals surface area contributed by atoms with Gasteiger partial charge in [0.05, 0.1) is 11.3 Å². The second-order valence-corrected chi connectivity index (χ2v) is 5.89. The second kappa shape index (κ2) is 4.95. The Morgan fingerprint density at radius 3 is 2.65 bits per heavy atom. The van der Waals surface area contributed by atoms with E-state index in [9.17, 15) is 0 Å². The van der Waals surface area contributed by atoms with Gasteiger partial charge in [-0.15, -0.1) is 0 Å². The molecule has 20 heavy (non-hydrogen) atoms. The molecule has 0 aliphatic heterocycles. The minimum absolute atomic E-state index is 0.397. The molecule has 0 aliphatic rings. The number of aryl methyl sites for hydroxylation is 1. The zero-order valence-electron chi connectivity index (χ0n) is 12.0. The first-order chi connectivity index (χ1) is 9.56. The monoisotopic (exact) mass is 285 g/mol. The zero-order valence-corrected chi connectivity index (χ0v) is 12.7. The number of pyridine rings is 1. The van der Waals surface area contributed by atoms with Gasteiger partial charge in [-0.3, -0.25) is 0 Å². The van der Waals surface area contributed by atoms with E-state index in [1.165, 1.54) is 22.2 Å². The fourth-order valence-electron chi connectivity index (χ4n) is 2.73. The fraction of sp³-hybridized carbons (Fsp3) is 0.235. The van der Waals surface area contributed by atoms with E-state index < -0.39 is 0 Å². The summed E-state index contributed by atoms with van der Waals surface area (Å²) in [5, 5.41) is 1.97. The van der Waals surface area contributed by atoms with E-state index in [0.717, 1.165) is 5.02 Å². The van der Waals surface area contributed by atoms with Crippen molar-refractivity contribution in [2.75, 3.05) is 0 Å². The average Bonchev–Trinajstić information content (AvgIpc) is 2.77. The van der Waals surface area contributed by atoms with Crippen LogP contribution in [-0.2, 0) is 7.05 Å². The lowest BCUT2D eigenvalue weighted by Gasteiger charge is -2.14. The van der Waals surface area contributed by atoms with Gasteiger partial charge in [0.2, 0.25) is 0 Å². The normalized spacial score (nSPS) is 11.4. The quantitative estimate of drug-likeness (QED) is 0.618.